The van der Waals surface area contributed by atoms with E-state index >= 15 is 0 Å². The average molecular weight is 276 g/mol. The molecule has 1 atom stereocenters. The molecule has 1 aromatic rings. The van der Waals surface area contributed by atoms with Crippen LogP contribution in [0.1, 0.15) is 24.8 Å². The molecule has 1 aromatic carbocycles. The maximum atomic E-state index is 3.50. The number of benzene rings is 1. The van der Waals surface area contributed by atoms with Crippen LogP contribution in [-0.2, 0) is 5.75 Å². The molecule has 1 aliphatic carbocycles. The van der Waals surface area contributed by atoms with Crippen LogP contribution in [0.25, 0.3) is 0 Å². The molecule has 2 fully saturated rings. The van der Waals surface area contributed by atoms with E-state index in [1.165, 1.54) is 50.2 Å². The van der Waals surface area contributed by atoms with Crippen molar-refractivity contribution in [1.82, 2.24) is 10.2 Å². The lowest BCUT2D eigenvalue weighted by atomic mass is 10.2. The number of hydrogen-bond acceptors (Lipinski definition) is 3. The zero-order chi connectivity index (χ0) is 12.9. The maximum absolute atomic E-state index is 3.50. The summed E-state index contributed by atoms with van der Waals surface area (Å²) < 4.78 is 0. The van der Waals surface area contributed by atoms with Gasteiger partial charge in [-0.1, -0.05) is 30.3 Å². The van der Waals surface area contributed by atoms with Gasteiger partial charge in [0.05, 0.1) is 0 Å². The van der Waals surface area contributed by atoms with E-state index in [1.807, 2.05) is 0 Å². The summed E-state index contributed by atoms with van der Waals surface area (Å²) in [5.41, 5.74) is 1.45. The van der Waals surface area contributed by atoms with E-state index in [9.17, 15) is 0 Å². The van der Waals surface area contributed by atoms with Gasteiger partial charge in [0.2, 0.25) is 0 Å². The molecule has 0 bridgehead atoms. The quantitative estimate of drug-likeness (QED) is 0.771. The molecule has 3 rings (SSSR count). The molecule has 1 N–H and O–H groups in total. The second-order valence-corrected chi connectivity index (χ2v) is 6.76. The first-order valence-electron chi connectivity index (χ1n) is 7.51. The third kappa shape index (κ3) is 3.98. The monoisotopic (exact) mass is 276 g/mol. The third-order valence-electron chi connectivity index (χ3n) is 4.12. The van der Waals surface area contributed by atoms with E-state index in [0.717, 1.165) is 17.8 Å². The standard InChI is InChI=1S/C16H24N2S/c1-2-4-14(5-3-1)13-19-11-10-18(15-6-7-15)16-8-9-17-12-16/h1-5,15-17H,6-13H2. The SMILES string of the molecule is c1ccc(CSCCN(C2CC2)C2CCNC2)cc1. The van der Waals surface area contributed by atoms with E-state index in [-0.39, 0.29) is 0 Å². The fraction of sp³-hybridized carbons (Fsp3) is 0.625. The molecule has 1 saturated carbocycles. The summed E-state index contributed by atoms with van der Waals surface area (Å²) in [4.78, 5) is 2.78. The number of rotatable bonds is 7. The predicted molar refractivity (Wildman–Crippen MR) is 83.6 cm³/mol. The number of nitrogens with one attached hydrogen (secondary N) is 1. The van der Waals surface area contributed by atoms with Crippen LogP contribution >= 0.6 is 11.8 Å². The summed E-state index contributed by atoms with van der Waals surface area (Å²) in [6, 6.07) is 12.5. The average Bonchev–Trinajstić information content (AvgIpc) is 3.14. The highest BCUT2D eigenvalue weighted by Gasteiger charge is 2.34. The number of hydrogen-bond donors (Lipinski definition) is 1. The van der Waals surface area contributed by atoms with Gasteiger partial charge in [0.25, 0.3) is 0 Å². The van der Waals surface area contributed by atoms with Crippen LogP contribution in [0.2, 0.25) is 0 Å². The Labute approximate surface area is 121 Å². The Hall–Kier alpha value is -0.510. The molecule has 2 nitrogen and oxygen atoms in total. The topological polar surface area (TPSA) is 15.3 Å². The van der Waals surface area contributed by atoms with Gasteiger partial charge in [-0.15, -0.1) is 0 Å². The summed E-state index contributed by atoms with van der Waals surface area (Å²) in [5.74, 6) is 2.42. The maximum Gasteiger partial charge on any atom is 0.0235 e. The predicted octanol–water partition coefficient (Wildman–Crippen LogP) is 2.75. The summed E-state index contributed by atoms with van der Waals surface area (Å²) in [6.45, 7) is 3.69. The molecule has 1 unspecified atom stereocenters. The zero-order valence-electron chi connectivity index (χ0n) is 11.6. The Morgan fingerprint density at radius 3 is 2.63 bits per heavy atom. The third-order valence-corrected chi connectivity index (χ3v) is 5.13. The van der Waals surface area contributed by atoms with Crippen molar-refractivity contribution in [2.45, 2.75) is 37.1 Å². The van der Waals surface area contributed by atoms with Crippen molar-refractivity contribution in [2.75, 3.05) is 25.4 Å². The summed E-state index contributed by atoms with van der Waals surface area (Å²) in [7, 11) is 0. The highest BCUT2D eigenvalue weighted by molar-refractivity contribution is 7.98. The van der Waals surface area contributed by atoms with Crippen molar-refractivity contribution in [2.24, 2.45) is 0 Å². The normalized spacial score (nSPS) is 23.1. The smallest absolute Gasteiger partial charge is 0.0235 e. The molecule has 0 spiro atoms. The Morgan fingerprint density at radius 2 is 1.95 bits per heavy atom. The Kier molecular flexibility index (Phi) is 4.81. The van der Waals surface area contributed by atoms with E-state index in [4.69, 9.17) is 0 Å². The largest absolute Gasteiger partial charge is 0.315 e. The highest BCUT2D eigenvalue weighted by atomic mass is 32.2. The van der Waals surface area contributed by atoms with E-state index < -0.39 is 0 Å². The van der Waals surface area contributed by atoms with Crippen molar-refractivity contribution < 1.29 is 0 Å². The minimum atomic E-state index is 0.810. The van der Waals surface area contributed by atoms with Gasteiger partial charge in [-0.3, -0.25) is 4.90 Å². The molecule has 1 aliphatic heterocycles. The van der Waals surface area contributed by atoms with Crippen LogP contribution in [-0.4, -0.2) is 42.4 Å². The van der Waals surface area contributed by atoms with E-state index in [0.29, 0.717) is 0 Å². The first-order chi connectivity index (χ1) is 9.43. The van der Waals surface area contributed by atoms with Crippen LogP contribution in [0, 0.1) is 0 Å². The lowest BCUT2D eigenvalue weighted by molar-refractivity contribution is 0.211. The van der Waals surface area contributed by atoms with Gasteiger partial charge in [0, 0.05) is 36.7 Å². The molecule has 0 amide bonds. The lowest BCUT2D eigenvalue weighted by Crippen LogP contribution is -2.40. The van der Waals surface area contributed by atoms with Crippen LogP contribution in [0.5, 0.6) is 0 Å². The van der Waals surface area contributed by atoms with Gasteiger partial charge in [-0.2, -0.15) is 11.8 Å². The fourth-order valence-corrected chi connectivity index (χ4v) is 3.84. The van der Waals surface area contributed by atoms with Gasteiger partial charge in [0.15, 0.2) is 0 Å². The number of nitrogens with zero attached hydrogens (tertiary/aromatic N) is 1. The Balaban J connectivity index is 1.40. The molecule has 1 saturated heterocycles. The molecule has 104 valence electrons. The molecule has 19 heavy (non-hydrogen) atoms. The second-order valence-electron chi connectivity index (χ2n) is 5.65. The first kappa shape index (κ1) is 13.5. The fourth-order valence-electron chi connectivity index (χ4n) is 2.93. The molecule has 2 aliphatic rings. The van der Waals surface area contributed by atoms with Gasteiger partial charge < -0.3 is 5.32 Å². The second kappa shape index (κ2) is 6.78. The van der Waals surface area contributed by atoms with Crippen molar-refractivity contribution in [3.8, 4) is 0 Å². The highest BCUT2D eigenvalue weighted by Crippen LogP contribution is 2.30. The summed E-state index contributed by atoms with van der Waals surface area (Å²) in [5, 5.41) is 3.50. The van der Waals surface area contributed by atoms with Crippen molar-refractivity contribution in [3.05, 3.63) is 35.9 Å². The molecule has 3 heteroatoms. The zero-order valence-corrected chi connectivity index (χ0v) is 12.4. The molecular weight excluding hydrogens is 252 g/mol. The van der Waals surface area contributed by atoms with Crippen LogP contribution in [0.15, 0.2) is 30.3 Å². The summed E-state index contributed by atoms with van der Waals surface area (Å²) in [6.07, 6.45) is 4.21. The van der Waals surface area contributed by atoms with Crippen molar-refractivity contribution in [3.63, 3.8) is 0 Å². The summed E-state index contributed by atoms with van der Waals surface area (Å²) >= 11 is 2.08. The molecule has 0 aromatic heterocycles. The van der Waals surface area contributed by atoms with Crippen LogP contribution in [0.4, 0.5) is 0 Å². The molecule has 0 radical (unpaired) electrons. The van der Waals surface area contributed by atoms with E-state index in [1.54, 1.807) is 0 Å². The van der Waals surface area contributed by atoms with Crippen LogP contribution in [0.3, 0.4) is 0 Å². The lowest BCUT2D eigenvalue weighted by Gasteiger charge is -2.28. The van der Waals surface area contributed by atoms with Crippen molar-refractivity contribution >= 4 is 11.8 Å². The Bertz CT molecular complexity index is 372. The minimum absolute atomic E-state index is 0.810. The first-order valence-corrected chi connectivity index (χ1v) is 8.67. The van der Waals surface area contributed by atoms with Crippen LogP contribution < -0.4 is 5.32 Å². The van der Waals surface area contributed by atoms with Gasteiger partial charge in [-0.05, 0) is 31.4 Å². The Morgan fingerprint density at radius 1 is 1.11 bits per heavy atom. The number of thioether (sulfide) groups is 1. The minimum Gasteiger partial charge on any atom is -0.315 e. The molecular formula is C16H24N2S. The van der Waals surface area contributed by atoms with Gasteiger partial charge in [-0.25, -0.2) is 0 Å². The van der Waals surface area contributed by atoms with Gasteiger partial charge in [0.1, 0.15) is 0 Å². The van der Waals surface area contributed by atoms with Gasteiger partial charge >= 0.3 is 0 Å². The molecule has 1 heterocycles. The van der Waals surface area contributed by atoms with Crippen molar-refractivity contribution in [1.29, 1.82) is 0 Å². The van der Waals surface area contributed by atoms with E-state index in [2.05, 4.69) is 52.3 Å².